The van der Waals surface area contributed by atoms with Crippen LogP contribution in [-0.2, 0) is 4.79 Å². The minimum absolute atomic E-state index is 0.0834. The summed E-state index contributed by atoms with van der Waals surface area (Å²) in [6, 6.07) is 24.1. The van der Waals surface area contributed by atoms with Crippen LogP contribution < -0.4 is 10.6 Å². The number of carbonyl (C=O) groups is 1. The minimum Gasteiger partial charge on any atom is -0.481 e. The number of rotatable bonds is 4. The number of benzene rings is 3. The van der Waals surface area contributed by atoms with Crippen molar-refractivity contribution in [2.45, 2.75) is 12.5 Å². The first-order chi connectivity index (χ1) is 14.6. The summed E-state index contributed by atoms with van der Waals surface area (Å²) in [4.78, 5) is 11.7. The Morgan fingerprint density at radius 1 is 0.967 bits per heavy atom. The molecule has 4 aromatic rings. The second-order valence-corrected chi connectivity index (χ2v) is 8.71. The molecule has 0 spiro atoms. The van der Waals surface area contributed by atoms with Gasteiger partial charge in [-0.15, -0.1) is 11.3 Å². The number of hydrogen-bond acceptors (Lipinski definition) is 3. The molecule has 30 heavy (non-hydrogen) atoms. The zero-order valence-electron chi connectivity index (χ0n) is 15.9. The number of aliphatic carboxylic acids is 1. The van der Waals surface area contributed by atoms with Crippen LogP contribution in [-0.4, -0.2) is 16.2 Å². The van der Waals surface area contributed by atoms with Crippen molar-refractivity contribution >= 4 is 60.5 Å². The van der Waals surface area contributed by atoms with Crippen LogP contribution in [0.15, 0.2) is 78.4 Å². The summed E-state index contributed by atoms with van der Waals surface area (Å²) in [7, 11) is 0. The van der Waals surface area contributed by atoms with Crippen molar-refractivity contribution < 1.29 is 9.90 Å². The van der Waals surface area contributed by atoms with E-state index in [0.29, 0.717) is 5.11 Å². The highest BCUT2D eigenvalue weighted by Crippen LogP contribution is 2.38. The second-order valence-electron chi connectivity index (χ2n) is 7.22. The van der Waals surface area contributed by atoms with Gasteiger partial charge in [0.1, 0.15) is 0 Å². The Morgan fingerprint density at radius 3 is 2.50 bits per heavy atom. The number of hydrogen-bond donors (Lipinski definition) is 3. The van der Waals surface area contributed by atoms with Crippen molar-refractivity contribution in [2.24, 2.45) is 0 Å². The molecule has 0 radical (unpaired) electrons. The fraction of sp³-hybridized carbons (Fsp3) is 0.0833. The number of nitrogens with one attached hydrogen (secondary N) is 2. The summed E-state index contributed by atoms with van der Waals surface area (Å²) < 4.78 is 2.44. The molecule has 3 aromatic carbocycles. The van der Waals surface area contributed by atoms with Crippen LogP contribution in [0.2, 0.25) is 0 Å². The van der Waals surface area contributed by atoms with Gasteiger partial charge in [0.25, 0.3) is 0 Å². The van der Waals surface area contributed by atoms with Gasteiger partial charge in [0.05, 0.1) is 12.5 Å². The van der Waals surface area contributed by atoms with Gasteiger partial charge in [0, 0.05) is 25.9 Å². The Balaban J connectivity index is 1.72. The van der Waals surface area contributed by atoms with E-state index in [4.69, 9.17) is 12.2 Å². The molecule has 5 rings (SSSR count). The van der Waals surface area contributed by atoms with E-state index in [1.165, 1.54) is 14.8 Å². The summed E-state index contributed by atoms with van der Waals surface area (Å²) in [5.74, 6) is -0.873. The summed E-state index contributed by atoms with van der Waals surface area (Å²) in [5, 5.41) is 19.0. The van der Waals surface area contributed by atoms with Crippen LogP contribution in [0.3, 0.4) is 0 Å². The van der Waals surface area contributed by atoms with E-state index in [0.717, 1.165) is 27.8 Å². The maximum absolute atomic E-state index is 11.7. The maximum Gasteiger partial charge on any atom is 0.307 e. The molecule has 1 unspecified atom stereocenters. The number of carboxylic acids is 1. The molecule has 2 heterocycles. The average Bonchev–Trinajstić information content (AvgIpc) is 3.13. The Labute approximate surface area is 182 Å². The lowest BCUT2D eigenvalue weighted by Gasteiger charge is -2.32. The molecule has 1 aliphatic heterocycles. The van der Waals surface area contributed by atoms with E-state index in [9.17, 15) is 9.90 Å². The van der Waals surface area contributed by atoms with Gasteiger partial charge >= 0.3 is 5.97 Å². The molecule has 0 saturated carbocycles. The monoisotopic (exact) mass is 430 g/mol. The van der Waals surface area contributed by atoms with Gasteiger partial charge in [-0.3, -0.25) is 4.79 Å². The van der Waals surface area contributed by atoms with E-state index in [1.54, 1.807) is 11.3 Å². The van der Waals surface area contributed by atoms with Crippen molar-refractivity contribution in [3.05, 3.63) is 89.5 Å². The molecule has 0 fully saturated rings. The van der Waals surface area contributed by atoms with Gasteiger partial charge in [0.15, 0.2) is 5.11 Å². The molecule has 1 aliphatic rings. The fourth-order valence-corrected chi connectivity index (χ4v) is 5.32. The third-order valence-corrected chi connectivity index (χ3v) is 6.70. The van der Waals surface area contributed by atoms with Gasteiger partial charge in [0.2, 0.25) is 0 Å². The molecule has 0 bridgehead atoms. The number of carboxylic acid groups (broad SMARTS) is 1. The fourth-order valence-electron chi connectivity index (χ4n) is 4.01. The highest BCUT2D eigenvalue weighted by molar-refractivity contribution is 7.80. The van der Waals surface area contributed by atoms with Gasteiger partial charge in [-0.2, -0.15) is 0 Å². The highest BCUT2D eigenvalue weighted by atomic mass is 32.1. The van der Waals surface area contributed by atoms with Gasteiger partial charge in [-0.25, -0.2) is 0 Å². The number of fused-ring (bicyclic) bond motifs is 3. The van der Waals surface area contributed by atoms with E-state index in [-0.39, 0.29) is 12.5 Å². The van der Waals surface area contributed by atoms with Gasteiger partial charge < -0.3 is 15.7 Å². The topological polar surface area (TPSA) is 61.4 Å². The molecule has 1 atom stereocenters. The predicted molar refractivity (Wildman–Crippen MR) is 127 cm³/mol. The molecule has 3 N–H and O–H groups in total. The molecule has 148 valence electrons. The van der Waals surface area contributed by atoms with Crippen molar-refractivity contribution in [3.8, 4) is 0 Å². The zero-order valence-corrected chi connectivity index (χ0v) is 17.5. The standard InChI is InChI=1S/C24H18N2O2S2/c27-21(28)13-18-22(14-6-2-1-3-7-14)25-24(29)26-23(18)15-10-11-20-17(12-15)16-8-4-5-9-19(16)30-20/h1-12,22H,13H2,(H,27,28)(H2,25,26,29). The van der Waals surface area contributed by atoms with Crippen molar-refractivity contribution in [3.63, 3.8) is 0 Å². The Kier molecular flexibility index (Phi) is 4.73. The summed E-state index contributed by atoms with van der Waals surface area (Å²) >= 11 is 7.24. The van der Waals surface area contributed by atoms with E-state index in [2.05, 4.69) is 34.9 Å². The molecule has 1 aromatic heterocycles. The average molecular weight is 431 g/mol. The van der Waals surface area contributed by atoms with Crippen LogP contribution in [0.4, 0.5) is 0 Å². The normalized spacial score (nSPS) is 16.5. The van der Waals surface area contributed by atoms with Crippen LogP contribution in [0.1, 0.15) is 23.6 Å². The molecule has 6 heteroatoms. The first-order valence-corrected chi connectivity index (χ1v) is 10.8. The van der Waals surface area contributed by atoms with Crippen molar-refractivity contribution in [1.29, 1.82) is 0 Å². The predicted octanol–water partition coefficient (Wildman–Crippen LogP) is 5.46. The first kappa shape index (κ1) is 18.8. The molecular formula is C24H18N2O2S2. The first-order valence-electron chi connectivity index (χ1n) is 9.59. The lowest BCUT2D eigenvalue weighted by atomic mass is 9.90. The molecule has 0 saturated heterocycles. The van der Waals surface area contributed by atoms with Crippen LogP contribution >= 0.6 is 23.6 Å². The van der Waals surface area contributed by atoms with Crippen LogP contribution in [0.5, 0.6) is 0 Å². The number of thiocarbonyl (C=S) groups is 1. The molecular weight excluding hydrogens is 412 g/mol. The van der Waals surface area contributed by atoms with E-state index < -0.39 is 5.97 Å². The Hall–Kier alpha value is -3.22. The van der Waals surface area contributed by atoms with Gasteiger partial charge in [-0.05, 0) is 47.1 Å². The van der Waals surface area contributed by atoms with Crippen LogP contribution in [0.25, 0.3) is 25.9 Å². The smallest absolute Gasteiger partial charge is 0.307 e. The largest absolute Gasteiger partial charge is 0.481 e. The Morgan fingerprint density at radius 2 is 1.70 bits per heavy atom. The van der Waals surface area contributed by atoms with Crippen molar-refractivity contribution in [2.75, 3.05) is 0 Å². The van der Waals surface area contributed by atoms with Gasteiger partial charge in [-0.1, -0.05) is 54.6 Å². The second kappa shape index (κ2) is 7.55. The van der Waals surface area contributed by atoms with Crippen molar-refractivity contribution in [1.82, 2.24) is 10.6 Å². The maximum atomic E-state index is 11.7. The SMILES string of the molecule is O=C(O)CC1=C(c2ccc3sc4ccccc4c3c2)NC(=S)NC1c1ccccc1. The summed E-state index contributed by atoms with van der Waals surface area (Å²) in [6.45, 7) is 0. The highest BCUT2D eigenvalue weighted by Gasteiger charge is 2.29. The van der Waals surface area contributed by atoms with E-state index in [1.807, 2.05) is 48.5 Å². The third kappa shape index (κ3) is 3.34. The quantitative estimate of drug-likeness (QED) is 0.375. The molecule has 4 nitrogen and oxygen atoms in total. The molecule has 0 amide bonds. The molecule has 0 aliphatic carbocycles. The lowest BCUT2D eigenvalue weighted by Crippen LogP contribution is -2.43. The lowest BCUT2D eigenvalue weighted by molar-refractivity contribution is -0.136. The van der Waals surface area contributed by atoms with E-state index >= 15 is 0 Å². The summed E-state index contributed by atoms with van der Waals surface area (Å²) in [5.41, 5.74) is 3.46. The number of thiophene rings is 1. The zero-order chi connectivity index (χ0) is 20.7. The Bertz CT molecular complexity index is 1330. The summed E-state index contributed by atoms with van der Waals surface area (Å²) in [6.07, 6.45) is -0.0834. The third-order valence-electron chi connectivity index (χ3n) is 5.32. The van der Waals surface area contributed by atoms with Crippen LogP contribution in [0, 0.1) is 0 Å². The minimum atomic E-state index is -0.873.